The summed E-state index contributed by atoms with van der Waals surface area (Å²) in [5, 5.41) is 15.8. The van der Waals surface area contributed by atoms with E-state index in [1.807, 2.05) is 0 Å². The molecule has 0 radical (unpaired) electrons. The zero-order valence-corrected chi connectivity index (χ0v) is 8.02. The largest absolute Gasteiger partial charge is 0.281 e. The van der Waals surface area contributed by atoms with Crippen molar-refractivity contribution >= 4 is 0 Å². The molecule has 1 aliphatic rings. The molecule has 0 unspecified atom stereocenters. The maximum absolute atomic E-state index is 8.82. The Hall–Kier alpha value is -1.30. The van der Waals surface area contributed by atoms with Gasteiger partial charge in [-0.3, -0.25) is 5.10 Å². The molecule has 0 fully saturated rings. The van der Waals surface area contributed by atoms with E-state index in [9.17, 15) is 0 Å². The minimum Gasteiger partial charge on any atom is -0.281 e. The van der Waals surface area contributed by atoms with E-state index in [4.69, 9.17) is 5.26 Å². The van der Waals surface area contributed by atoms with Crippen LogP contribution in [0.15, 0.2) is 0 Å². The lowest BCUT2D eigenvalue weighted by atomic mass is 9.76. The van der Waals surface area contributed by atoms with Crippen molar-refractivity contribution in [1.82, 2.24) is 10.2 Å². The molecule has 3 heteroatoms. The average molecular weight is 175 g/mol. The lowest BCUT2D eigenvalue weighted by molar-refractivity contribution is 0.314. The Balaban J connectivity index is 2.43. The van der Waals surface area contributed by atoms with Gasteiger partial charge in [0.25, 0.3) is 0 Å². The number of fused-ring (bicyclic) bond motifs is 1. The fourth-order valence-corrected chi connectivity index (χ4v) is 1.92. The minimum absolute atomic E-state index is 0.322. The average Bonchev–Trinajstić information content (AvgIpc) is 2.44. The van der Waals surface area contributed by atoms with Crippen LogP contribution in [0.1, 0.15) is 37.2 Å². The quantitative estimate of drug-likeness (QED) is 0.653. The molecule has 0 amide bonds. The van der Waals surface area contributed by atoms with Gasteiger partial charge in [0.05, 0.1) is 0 Å². The van der Waals surface area contributed by atoms with Crippen LogP contribution in [-0.4, -0.2) is 10.2 Å². The van der Waals surface area contributed by atoms with E-state index >= 15 is 0 Å². The first kappa shape index (κ1) is 8.31. The van der Waals surface area contributed by atoms with Crippen LogP contribution in [0.2, 0.25) is 0 Å². The fraction of sp³-hybridized carbons (Fsp3) is 0.600. The highest BCUT2D eigenvalue weighted by Gasteiger charge is 2.28. The summed E-state index contributed by atoms with van der Waals surface area (Å²) >= 11 is 0. The van der Waals surface area contributed by atoms with Crippen LogP contribution in [0.25, 0.3) is 0 Å². The van der Waals surface area contributed by atoms with Crippen LogP contribution < -0.4 is 0 Å². The number of nitrogens with one attached hydrogen (secondary N) is 1. The van der Waals surface area contributed by atoms with E-state index in [0.717, 1.165) is 24.1 Å². The Morgan fingerprint density at radius 1 is 1.54 bits per heavy atom. The van der Waals surface area contributed by atoms with Gasteiger partial charge in [-0.1, -0.05) is 13.8 Å². The first-order chi connectivity index (χ1) is 6.12. The minimum atomic E-state index is 0.322. The fourth-order valence-electron chi connectivity index (χ4n) is 1.92. The molecule has 1 aromatic heterocycles. The van der Waals surface area contributed by atoms with Gasteiger partial charge < -0.3 is 0 Å². The second-order valence-corrected chi connectivity index (χ2v) is 4.48. The SMILES string of the molecule is CC1(C)CCc2[nH]nc(C#N)c2C1. The Labute approximate surface area is 77.8 Å². The monoisotopic (exact) mass is 175 g/mol. The number of aromatic amines is 1. The van der Waals surface area contributed by atoms with Gasteiger partial charge in [0.1, 0.15) is 6.07 Å². The molecule has 0 spiro atoms. The second-order valence-electron chi connectivity index (χ2n) is 4.48. The van der Waals surface area contributed by atoms with Crippen LogP contribution in [0, 0.1) is 16.7 Å². The Morgan fingerprint density at radius 2 is 2.31 bits per heavy atom. The summed E-state index contributed by atoms with van der Waals surface area (Å²) in [6, 6.07) is 2.13. The van der Waals surface area contributed by atoms with Crippen molar-refractivity contribution in [2.75, 3.05) is 0 Å². The number of aromatic nitrogens is 2. The lowest BCUT2D eigenvalue weighted by Crippen LogP contribution is -2.22. The van der Waals surface area contributed by atoms with Crippen molar-refractivity contribution in [2.45, 2.75) is 33.1 Å². The number of rotatable bonds is 0. The third kappa shape index (κ3) is 1.33. The number of nitrogens with zero attached hydrogens (tertiary/aromatic N) is 2. The van der Waals surface area contributed by atoms with E-state index < -0.39 is 0 Å². The van der Waals surface area contributed by atoms with Crippen molar-refractivity contribution in [3.63, 3.8) is 0 Å². The van der Waals surface area contributed by atoms with Gasteiger partial charge in [-0.15, -0.1) is 0 Å². The first-order valence-corrected chi connectivity index (χ1v) is 4.59. The molecule has 0 bridgehead atoms. The van der Waals surface area contributed by atoms with Gasteiger partial charge in [-0.05, 0) is 24.7 Å². The van der Waals surface area contributed by atoms with E-state index in [-0.39, 0.29) is 0 Å². The summed E-state index contributed by atoms with van der Waals surface area (Å²) in [7, 11) is 0. The normalized spacial score (nSPS) is 19.2. The standard InChI is InChI=1S/C10H13N3/c1-10(2)4-3-8-7(5-10)9(6-11)13-12-8/h3-5H2,1-2H3,(H,12,13). The number of hydrogen-bond acceptors (Lipinski definition) is 2. The number of H-pyrrole nitrogens is 1. The molecule has 1 aliphatic carbocycles. The summed E-state index contributed by atoms with van der Waals surface area (Å²) in [5.74, 6) is 0. The van der Waals surface area contributed by atoms with E-state index in [1.54, 1.807) is 0 Å². The van der Waals surface area contributed by atoms with Crippen molar-refractivity contribution in [3.05, 3.63) is 17.0 Å². The van der Waals surface area contributed by atoms with Gasteiger partial charge in [0, 0.05) is 11.3 Å². The van der Waals surface area contributed by atoms with Gasteiger partial charge in [-0.25, -0.2) is 0 Å². The molecular formula is C10H13N3. The number of nitriles is 1. The van der Waals surface area contributed by atoms with Gasteiger partial charge >= 0.3 is 0 Å². The maximum atomic E-state index is 8.82. The summed E-state index contributed by atoms with van der Waals surface area (Å²) in [6.07, 6.45) is 3.17. The molecule has 1 N–H and O–H groups in total. The molecule has 68 valence electrons. The molecule has 0 saturated heterocycles. The predicted molar refractivity (Wildman–Crippen MR) is 49.1 cm³/mol. The zero-order valence-electron chi connectivity index (χ0n) is 8.02. The summed E-state index contributed by atoms with van der Waals surface area (Å²) in [6.45, 7) is 4.48. The van der Waals surface area contributed by atoms with Crippen molar-refractivity contribution in [2.24, 2.45) is 5.41 Å². The highest BCUT2D eigenvalue weighted by Crippen LogP contribution is 2.34. The van der Waals surface area contributed by atoms with Gasteiger partial charge in [-0.2, -0.15) is 10.4 Å². The van der Waals surface area contributed by atoms with Crippen molar-refractivity contribution in [1.29, 1.82) is 5.26 Å². The van der Waals surface area contributed by atoms with E-state index in [1.165, 1.54) is 6.42 Å². The molecule has 2 rings (SSSR count). The predicted octanol–water partition coefficient (Wildman–Crippen LogP) is 1.80. The molecule has 3 nitrogen and oxygen atoms in total. The molecule has 0 aromatic carbocycles. The van der Waals surface area contributed by atoms with Gasteiger partial charge in [0.2, 0.25) is 0 Å². The van der Waals surface area contributed by atoms with Gasteiger partial charge in [0.15, 0.2) is 5.69 Å². The van der Waals surface area contributed by atoms with Crippen LogP contribution in [0.4, 0.5) is 0 Å². The lowest BCUT2D eigenvalue weighted by Gasteiger charge is -2.28. The van der Waals surface area contributed by atoms with E-state index in [0.29, 0.717) is 11.1 Å². The van der Waals surface area contributed by atoms with Crippen molar-refractivity contribution in [3.8, 4) is 6.07 Å². The third-order valence-corrected chi connectivity index (χ3v) is 2.77. The topological polar surface area (TPSA) is 52.5 Å². The van der Waals surface area contributed by atoms with Crippen LogP contribution in [0.3, 0.4) is 0 Å². The number of aryl methyl sites for hydroxylation is 1. The molecule has 1 heterocycles. The Kier molecular flexibility index (Phi) is 1.66. The highest BCUT2D eigenvalue weighted by atomic mass is 15.1. The summed E-state index contributed by atoms with van der Waals surface area (Å²) in [4.78, 5) is 0. The van der Waals surface area contributed by atoms with Crippen molar-refractivity contribution < 1.29 is 0 Å². The summed E-state index contributed by atoms with van der Waals surface area (Å²) in [5.41, 5.74) is 3.21. The second kappa shape index (κ2) is 2.59. The van der Waals surface area contributed by atoms with Crippen LogP contribution >= 0.6 is 0 Å². The van der Waals surface area contributed by atoms with Crippen LogP contribution in [0.5, 0.6) is 0 Å². The Morgan fingerprint density at radius 3 is 3.00 bits per heavy atom. The smallest absolute Gasteiger partial charge is 0.165 e. The highest BCUT2D eigenvalue weighted by molar-refractivity contribution is 5.36. The maximum Gasteiger partial charge on any atom is 0.165 e. The van der Waals surface area contributed by atoms with Crippen LogP contribution in [-0.2, 0) is 12.8 Å². The molecular weight excluding hydrogens is 162 g/mol. The molecule has 1 aromatic rings. The molecule has 13 heavy (non-hydrogen) atoms. The first-order valence-electron chi connectivity index (χ1n) is 4.59. The molecule has 0 saturated carbocycles. The molecule has 0 atom stereocenters. The Bertz CT molecular complexity index is 368. The zero-order chi connectivity index (χ0) is 9.47. The third-order valence-electron chi connectivity index (χ3n) is 2.77. The molecule has 0 aliphatic heterocycles. The van der Waals surface area contributed by atoms with E-state index in [2.05, 4.69) is 30.1 Å². The summed E-state index contributed by atoms with van der Waals surface area (Å²) < 4.78 is 0. The number of hydrogen-bond donors (Lipinski definition) is 1.